The van der Waals surface area contributed by atoms with Crippen LogP contribution in [0.2, 0.25) is 0 Å². The van der Waals surface area contributed by atoms with E-state index < -0.39 is 0 Å². The van der Waals surface area contributed by atoms with Crippen LogP contribution in [0.4, 0.5) is 0 Å². The van der Waals surface area contributed by atoms with Crippen LogP contribution in [-0.2, 0) is 0 Å². The molecule has 0 heterocycles. The van der Waals surface area contributed by atoms with Gasteiger partial charge in [-0.15, -0.1) is 0 Å². The van der Waals surface area contributed by atoms with E-state index in [9.17, 15) is 0 Å². The number of rotatable bonds is 5. The minimum absolute atomic E-state index is 0.00685. The van der Waals surface area contributed by atoms with Gasteiger partial charge in [-0.3, -0.25) is 0 Å². The first-order valence-electron chi connectivity index (χ1n) is 5.54. The Bertz CT molecular complexity index is 339. The molecule has 0 bridgehead atoms. The van der Waals surface area contributed by atoms with Gasteiger partial charge in [0.1, 0.15) is 0 Å². The number of hydrogen-bond acceptors (Lipinski definition) is 2. The first-order valence-corrected chi connectivity index (χ1v) is 5.54. The molecule has 0 unspecified atom stereocenters. The first kappa shape index (κ1) is 11.7. The van der Waals surface area contributed by atoms with Crippen LogP contribution in [0.5, 0.6) is 0 Å². The number of nitriles is 1. The van der Waals surface area contributed by atoms with Crippen molar-refractivity contribution in [3.05, 3.63) is 35.4 Å². The highest BCUT2D eigenvalue weighted by Crippen LogP contribution is 2.20. The molecule has 0 aromatic heterocycles. The molecule has 80 valence electrons. The summed E-state index contributed by atoms with van der Waals surface area (Å²) >= 11 is 0. The van der Waals surface area contributed by atoms with Crippen molar-refractivity contribution in [3.63, 3.8) is 0 Å². The molecule has 2 heteroatoms. The van der Waals surface area contributed by atoms with Crippen molar-refractivity contribution in [2.24, 2.45) is 5.73 Å². The highest BCUT2D eigenvalue weighted by atomic mass is 14.6. The number of unbranched alkanes of at least 4 members (excludes halogenated alkanes) is 2. The summed E-state index contributed by atoms with van der Waals surface area (Å²) in [6, 6.07) is 9.79. The van der Waals surface area contributed by atoms with Gasteiger partial charge in [-0.2, -0.15) is 5.26 Å². The predicted molar refractivity (Wildman–Crippen MR) is 62.2 cm³/mol. The van der Waals surface area contributed by atoms with E-state index in [1.807, 2.05) is 24.3 Å². The molecule has 1 aromatic rings. The van der Waals surface area contributed by atoms with Crippen LogP contribution in [0.15, 0.2) is 24.3 Å². The van der Waals surface area contributed by atoms with Gasteiger partial charge in [-0.1, -0.05) is 44.4 Å². The van der Waals surface area contributed by atoms with Crippen LogP contribution in [0, 0.1) is 11.3 Å². The molecule has 0 spiro atoms. The summed E-state index contributed by atoms with van der Waals surface area (Å²) < 4.78 is 0. The lowest BCUT2D eigenvalue weighted by Crippen LogP contribution is -2.11. The summed E-state index contributed by atoms with van der Waals surface area (Å²) in [6.07, 6.45) is 4.51. The second kappa shape index (κ2) is 6.21. The van der Waals surface area contributed by atoms with Crippen LogP contribution >= 0.6 is 0 Å². The zero-order chi connectivity index (χ0) is 11.1. The van der Waals surface area contributed by atoms with Gasteiger partial charge in [-0.25, -0.2) is 0 Å². The van der Waals surface area contributed by atoms with Gasteiger partial charge in [0.2, 0.25) is 0 Å². The molecule has 0 radical (unpaired) electrons. The molecule has 0 fully saturated rings. The average Bonchev–Trinajstić information content (AvgIpc) is 2.29. The molecular weight excluding hydrogens is 184 g/mol. The van der Waals surface area contributed by atoms with Gasteiger partial charge >= 0.3 is 0 Å². The summed E-state index contributed by atoms with van der Waals surface area (Å²) in [4.78, 5) is 0. The quantitative estimate of drug-likeness (QED) is 0.746. The molecule has 0 amide bonds. The van der Waals surface area contributed by atoms with E-state index in [1.54, 1.807) is 0 Å². The lowest BCUT2D eigenvalue weighted by Gasteiger charge is -2.12. The topological polar surface area (TPSA) is 49.8 Å². The molecule has 2 nitrogen and oxygen atoms in total. The Balaban J connectivity index is 2.65. The van der Waals surface area contributed by atoms with E-state index >= 15 is 0 Å². The zero-order valence-corrected chi connectivity index (χ0v) is 9.24. The third kappa shape index (κ3) is 3.38. The number of nitrogens with zero attached hydrogens (tertiary/aromatic N) is 1. The van der Waals surface area contributed by atoms with Crippen molar-refractivity contribution in [3.8, 4) is 6.07 Å². The fraction of sp³-hybridized carbons (Fsp3) is 0.462. The highest BCUT2D eigenvalue weighted by Gasteiger charge is 2.09. The monoisotopic (exact) mass is 202 g/mol. The molecule has 0 aliphatic heterocycles. The molecule has 0 aliphatic rings. The highest BCUT2D eigenvalue weighted by molar-refractivity contribution is 5.39. The second-order valence-corrected chi connectivity index (χ2v) is 3.80. The third-order valence-corrected chi connectivity index (χ3v) is 2.60. The first-order chi connectivity index (χ1) is 7.29. The maximum Gasteiger partial charge on any atom is 0.0995 e. The van der Waals surface area contributed by atoms with Gasteiger partial charge in [0.15, 0.2) is 0 Å². The van der Waals surface area contributed by atoms with Gasteiger partial charge < -0.3 is 5.73 Å². The van der Waals surface area contributed by atoms with Crippen LogP contribution in [0.3, 0.4) is 0 Å². The van der Waals surface area contributed by atoms with Gasteiger partial charge in [0.05, 0.1) is 11.6 Å². The lowest BCUT2D eigenvalue weighted by atomic mass is 9.97. The van der Waals surface area contributed by atoms with Crippen molar-refractivity contribution in [2.75, 3.05) is 0 Å². The van der Waals surface area contributed by atoms with Gasteiger partial charge in [0, 0.05) is 6.04 Å². The Labute approximate surface area is 91.7 Å². The average molecular weight is 202 g/mol. The molecule has 0 saturated heterocycles. The maximum absolute atomic E-state index is 8.93. The smallest absolute Gasteiger partial charge is 0.0995 e. The van der Waals surface area contributed by atoms with Crippen LogP contribution in [-0.4, -0.2) is 0 Å². The lowest BCUT2D eigenvalue weighted by molar-refractivity contribution is 0.580. The Morgan fingerprint density at radius 1 is 1.33 bits per heavy atom. The molecule has 0 saturated carbocycles. The van der Waals surface area contributed by atoms with Crippen molar-refractivity contribution in [2.45, 2.75) is 38.6 Å². The molecule has 2 N–H and O–H groups in total. The third-order valence-electron chi connectivity index (χ3n) is 2.60. The van der Waals surface area contributed by atoms with Crippen LogP contribution in [0.25, 0.3) is 0 Å². The fourth-order valence-corrected chi connectivity index (χ4v) is 1.69. The normalized spacial score (nSPS) is 12.1. The van der Waals surface area contributed by atoms with Crippen molar-refractivity contribution >= 4 is 0 Å². The predicted octanol–water partition coefficient (Wildman–Crippen LogP) is 3.14. The van der Waals surface area contributed by atoms with Gasteiger partial charge in [-0.05, 0) is 18.1 Å². The van der Waals surface area contributed by atoms with Crippen molar-refractivity contribution < 1.29 is 0 Å². The van der Waals surface area contributed by atoms with E-state index in [0.29, 0.717) is 5.56 Å². The van der Waals surface area contributed by atoms with Crippen molar-refractivity contribution in [1.82, 2.24) is 0 Å². The number of benzene rings is 1. The Morgan fingerprint density at radius 2 is 2.07 bits per heavy atom. The Kier molecular flexibility index (Phi) is 4.86. The Hall–Kier alpha value is -1.33. The summed E-state index contributed by atoms with van der Waals surface area (Å²) in [6.45, 7) is 2.18. The maximum atomic E-state index is 8.93. The second-order valence-electron chi connectivity index (χ2n) is 3.80. The van der Waals surface area contributed by atoms with Gasteiger partial charge in [0.25, 0.3) is 0 Å². The summed E-state index contributed by atoms with van der Waals surface area (Å²) in [5.74, 6) is 0. The number of nitrogens with two attached hydrogens (primary N) is 1. The summed E-state index contributed by atoms with van der Waals surface area (Å²) in [5, 5.41) is 8.93. The van der Waals surface area contributed by atoms with E-state index in [-0.39, 0.29) is 6.04 Å². The SMILES string of the molecule is CCCCC[C@@H](N)c1ccccc1C#N. The summed E-state index contributed by atoms with van der Waals surface area (Å²) in [7, 11) is 0. The van der Waals surface area contributed by atoms with E-state index in [2.05, 4.69) is 13.0 Å². The fourth-order valence-electron chi connectivity index (χ4n) is 1.69. The molecular formula is C13H18N2. The number of hydrogen-bond donors (Lipinski definition) is 1. The molecule has 1 aromatic carbocycles. The Morgan fingerprint density at radius 3 is 2.73 bits per heavy atom. The van der Waals surface area contributed by atoms with E-state index in [1.165, 1.54) is 12.8 Å². The molecule has 0 aliphatic carbocycles. The largest absolute Gasteiger partial charge is 0.324 e. The minimum Gasteiger partial charge on any atom is -0.324 e. The molecule has 15 heavy (non-hydrogen) atoms. The zero-order valence-electron chi connectivity index (χ0n) is 9.24. The standard InChI is InChI=1S/C13H18N2/c1-2-3-4-9-13(15)12-8-6-5-7-11(12)10-14/h5-8,13H,2-4,9,15H2,1H3/t13-/m1/s1. The minimum atomic E-state index is 0.00685. The summed E-state index contributed by atoms with van der Waals surface area (Å²) in [5.41, 5.74) is 7.75. The van der Waals surface area contributed by atoms with Crippen LogP contribution < -0.4 is 5.73 Å². The van der Waals surface area contributed by atoms with E-state index in [4.69, 9.17) is 11.0 Å². The molecule has 1 rings (SSSR count). The molecule has 1 atom stereocenters. The van der Waals surface area contributed by atoms with E-state index in [0.717, 1.165) is 18.4 Å². The van der Waals surface area contributed by atoms with Crippen LogP contribution in [0.1, 0.15) is 49.8 Å². The van der Waals surface area contributed by atoms with Crippen molar-refractivity contribution in [1.29, 1.82) is 5.26 Å².